The van der Waals surface area contributed by atoms with Crippen molar-refractivity contribution in [3.8, 4) is 0 Å². The highest BCUT2D eigenvalue weighted by atomic mass is 32.2. The number of thioether (sulfide) groups is 1. The first kappa shape index (κ1) is 18.6. The lowest BCUT2D eigenvalue weighted by atomic mass is 10.0. The van der Waals surface area contributed by atoms with Crippen LogP contribution in [0.5, 0.6) is 0 Å². The molecule has 2 saturated heterocycles. The Bertz CT molecular complexity index is 555. The van der Waals surface area contributed by atoms with Crippen molar-refractivity contribution < 1.29 is 4.79 Å². The molecule has 2 aliphatic heterocycles. The molecule has 4 nitrogen and oxygen atoms in total. The number of nitrogens with zero attached hydrogens (tertiary/aromatic N) is 2. The Kier molecular flexibility index (Phi) is 6.65. The van der Waals surface area contributed by atoms with Crippen LogP contribution in [0.15, 0.2) is 24.3 Å². The maximum Gasteiger partial charge on any atom is 0.227 e. The SMILES string of the molecule is CSCCCNC1CCN(c2ccc(N3C(=O)CC[C@H]3C)cc2)CC1. The molecule has 0 saturated carbocycles. The molecule has 2 fully saturated rings. The summed E-state index contributed by atoms with van der Waals surface area (Å²) in [5, 5.41) is 3.70. The standard InChI is InChI=1S/C20H31N3OS/c1-16-4-9-20(24)23(16)19-7-5-18(6-8-19)22-13-10-17(11-14-22)21-12-3-15-25-2/h5-8,16-17,21H,3-4,9-15H2,1-2H3/t16-/m1/s1. The molecule has 138 valence electrons. The third-order valence-corrected chi connectivity index (χ3v) is 6.13. The van der Waals surface area contributed by atoms with Gasteiger partial charge in [-0.25, -0.2) is 0 Å². The number of hydrogen-bond donors (Lipinski definition) is 1. The Morgan fingerprint density at radius 3 is 2.40 bits per heavy atom. The van der Waals surface area contributed by atoms with Gasteiger partial charge in [0.05, 0.1) is 0 Å². The highest BCUT2D eigenvalue weighted by molar-refractivity contribution is 7.98. The van der Waals surface area contributed by atoms with Crippen molar-refractivity contribution >= 4 is 29.0 Å². The van der Waals surface area contributed by atoms with Gasteiger partial charge in [-0.3, -0.25) is 4.79 Å². The van der Waals surface area contributed by atoms with Crippen LogP contribution in [0.2, 0.25) is 0 Å². The molecule has 0 aromatic heterocycles. The van der Waals surface area contributed by atoms with E-state index >= 15 is 0 Å². The van der Waals surface area contributed by atoms with Crippen molar-refractivity contribution in [2.75, 3.05) is 41.4 Å². The van der Waals surface area contributed by atoms with Gasteiger partial charge in [0.15, 0.2) is 0 Å². The first-order valence-corrected chi connectivity index (χ1v) is 11.0. The fourth-order valence-electron chi connectivity index (χ4n) is 3.91. The minimum absolute atomic E-state index is 0.258. The molecule has 1 N–H and O–H groups in total. The normalized spacial score (nSPS) is 22.0. The van der Waals surface area contributed by atoms with Crippen molar-refractivity contribution in [1.29, 1.82) is 0 Å². The van der Waals surface area contributed by atoms with Crippen LogP contribution in [0.1, 0.15) is 39.0 Å². The van der Waals surface area contributed by atoms with Gasteiger partial charge in [0.2, 0.25) is 5.91 Å². The molecular formula is C20H31N3OS. The zero-order chi connectivity index (χ0) is 17.6. The predicted octanol–water partition coefficient (Wildman–Crippen LogP) is 3.51. The van der Waals surface area contributed by atoms with Crippen LogP contribution in [0.3, 0.4) is 0 Å². The molecular weight excluding hydrogens is 330 g/mol. The number of anilines is 2. The summed E-state index contributed by atoms with van der Waals surface area (Å²) in [6.45, 7) is 5.50. The Hall–Kier alpha value is -1.20. The van der Waals surface area contributed by atoms with Crippen LogP contribution in [-0.4, -0.2) is 49.6 Å². The van der Waals surface area contributed by atoms with Crippen LogP contribution in [-0.2, 0) is 4.79 Å². The lowest BCUT2D eigenvalue weighted by Crippen LogP contribution is -2.42. The Morgan fingerprint density at radius 2 is 1.80 bits per heavy atom. The van der Waals surface area contributed by atoms with Crippen LogP contribution < -0.4 is 15.1 Å². The summed E-state index contributed by atoms with van der Waals surface area (Å²) in [6, 6.07) is 9.58. The lowest BCUT2D eigenvalue weighted by Gasteiger charge is -2.34. The maximum absolute atomic E-state index is 12.0. The first-order chi connectivity index (χ1) is 12.2. The molecule has 0 aliphatic carbocycles. The quantitative estimate of drug-likeness (QED) is 0.754. The zero-order valence-electron chi connectivity index (χ0n) is 15.5. The van der Waals surface area contributed by atoms with E-state index in [1.165, 1.54) is 30.7 Å². The average Bonchev–Trinajstić information content (AvgIpc) is 2.98. The second-order valence-corrected chi connectivity index (χ2v) is 8.22. The summed E-state index contributed by atoms with van der Waals surface area (Å²) in [5.74, 6) is 1.50. The number of nitrogens with one attached hydrogen (secondary N) is 1. The Morgan fingerprint density at radius 1 is 1.12 bits per heavy atom. The van der Waals surface area contributed by atoms with Gasteiger partial charge in [-0.1, -0.05) is 0 Å². The molecule has 1 amide bonds. The third kappa shape index (κ3) is 4.70. The minimum Gasteiger partial charge on any atom is -0.371 e. The fourth-order valence-corrected chi connectivity index (χ4v) is 4.35. The van der Waals surface area contributed by atoms with Gasteiger partial charge in [-0.15, -0.1) is 0 Å². The number of piperidine rings is 1. The molecule has 2 heterocycles. The molecule has 0 unspecified atom stereocenters. The van der Waals surface area contributed by atoms with E-state index in [0.29, 0.717) is 18.5 Å². The van der Waals surface area contributed by atoms with Gasteiger partial charge in [0, 0.05) is 43.0 Å². The van der Waals surface area contributed by atoms with Crippen LogP contribution >= 0.6 is 11.8 Å². The third-order valence-electron chi connectivity index (χ3n) is 5.43. The molecule has 0 radical (unpaired) electrons. The highest BCUT2D eigenvalue weighted by Crippen LogP contribution is 2.29. The van der Waals surface area contributed by atoms with Crippen molar-refractivity contribution in [2.45, 2.75) is 51.1 Å². The predicted molar refractivity (Wildman–Crippen MR) is 109 cm³/mol. The molecule has 5 heteroatoms. The van der Waals surface area contributed by atoms with E-state index in [-0.39, 0.29) is 5.91 Å². The van der Waals surface area contributed by atoms with E-state index in [4.69, 9.17) is 0 Å². The molecule has 1 atom stereocenters. The van der Waals surface area contributed by atoms with Gasteiger partial charge >= 0.3 is 0 Å². The van der Waals surface area contributed by atoms with Crippen LogP contribution in [0.4, 0.5) is 11.4 Å². The van der Waals surface area contributed by atoms with E-state index in [2.05, 4.69) is 47.7 Å². The number of carbonyl (C=O) groups excluding carboxylic acids is 1. The van der Waals surface area contributed by atoms with Gasteiger partial charge in [0.25, 0.3) is 0 Å². The minimum atomic E-state index is 0.258. The van der Waals surface area contributed by atoms with Gasteiger partial charge < -0.3 is 15.1 Å². The molecule has 1 aromatic carbocycles. The van der Waals surface area contributed by atoms with Gasteiger partial charge in [-0.05, 0) is 75.4 Å². The zero-order valence-corrected chi connectivity index (χ0v) is 16.4. The van der Waals surface area contributed by atoms with Crippen molar-refractivity contribution in [3.05, 3.63) is 24.3 Å². The van der Waals surface area contributed by atoms with Gasteiger partial charge in [-0.2, -0.15) is 11.8 Å². The summed E-state index contributed by atoms with van der Waals surface area (Å²) in [5.41, 5.74) is 2.33. The molecule has 25 heavy (non-hydrogen) atoms. The van der Waals surface area contributed by atoms with Crippen molar-refractivity contribution in [3.63, 3.8) is 0 Å². The molecule has 0 bridgehead atoms. The average molecular weight is 362 g/mol. The maximum atomic E-state index is 12.0. The van der Waals surface area contributed by atoms with E-state index in [1.807, 2.05) is 16.7 Å². The Balaban J connectivity index is 1.50. The molecule has 3 rings (SSSR count). The topological polar surface area (TPSA) is 35.6 Å². The van der Waals surface area contributed by atoms with Crippen molar-refractivity contribution in [2.24, 2.45) is 0 Å². The smallest absolute Gasteiger partial charge is 0.227 e. The van der Waals surface area contributed by atoms with E-state index in [1.54, 1.807) is 0 Å². The van der Waals surface area contributed by atoms with E-state index < -0.39 is 0 Å². The summed E-state index contributed by atoms with van der Waals surface area (Å²) in [4.78, 5) is 16.5. The molecule has 0 spiro atoms. The molecule has 1 aromatic rings. The number of carbonyl (C=O) groups is 1. The number of benzene rings is 1. The van der Waals surface area contributed by atoms with Crippen LogP contribution in [0.25, 0.3) is 0 Å². The van der Waals surface area contributed by atoms with Crippen LogP contribution in [0, 0.1) is 0 Å². The summed E-state index contributed by atoms with van der Waals surface area (Å²) in [7, 11) is 0. The van der Waals surface area contributed by atoms with Crippen molar-refractivity contribution in [1.82, 2.24) is 5.32 Å². The highest BCUT2D eigenvalue weighted by Gasteiger charge is 2.28. The van der Waals surface area contributed by atoms with Gasteiger partial charge in [0.1, 0.15) is 0 Å². The summed E-state index contributed by atoms with van der Waals surface area (Å²) >= 11 is 1.92. The van der Waals surface area contributed by atoms with E-state index in [0.717, 1.165) is 31.7 Å². The fraction of sp³-hybridized carbons (Fsp3) is 0.650. The van der Waals surface area contributed by atoms with E-state index in [9.17, 15) is 4.79 Å². The number of hydrogen-bond acceptors (Lipinski definition) is 4. The number of rotatable bonds is 7. The monoisotopic (exact) mass is 361 g/mol. The summed E-state index contributed by atoms with van der Waals surface area (Å²) in [6.07, 6.45) is 7.50. The summed E-state index contributed by atoms with van der Waals surface area (Å²) < 4.78 is 0. The number of amides is 1. The Labute approximate surface area is 156 Å². The first-order valence-electron chi connectivity index (χ1n) is 9.58. The molecule has 2 aliphatic rings. The second-order valence-electron chi connectivity index (χ2n) is 7.23. The second kappa shape index (κ2) is 8.95. The lowest BCUT2D eigenvalue weighted by molar-refractivity contribution is -0.117. The largest absolute Gasteiger partial charge is 0.371 e.